The van der Waals surface area contributed by atoms with E-state index in [1.54, 1.807) is 30.3 Å². The van der Waals surface area contributed by atoms with E-state index in [1.807, 2.05) is 49.4 Å². The molecule has 0 heterocycles. The number of nitrogens with zero attached hydrogens (tertiary/aromatic N) is 1. The predicted molar refractivity (Wildman–Crippen MR) is 114 cm³/mol. The first kappa shape index (κ1) is 19.1. The van der Waals surface area contributed by atoms with Crippen LogP contribution in [-0.2, 0) is 0 Å². The molecule has 0 radical (unpaired) electrons. The molecular weight excluding hydrogens is 348 g/mol. The highest BCUT2D eigenvalue weighted by molar-refractivity contribution is 6.01. The van der Waals surface area contributed by atoms with Gasteiger partial charge in [0, 0.05) is 5.56 Å². The molecule has 0 saturated carbocycles. The van der Waals surface area contributed by atoms with Crippen LogP contribution in [0.2, 0.25) is 0 Å². The van der Waals surface area contributed by atoms with E-state index in [0.29, 0.717) is 17.9 Å². The number of benzene rings is 3. The summed E-state index contributed by atoms with van der Waals surface area (Å²) in [5, 5.41) is 4.22. The van der Waals surface area contributed by atoms with Gasteiger partial charge in [-0.3, -0.25) is 4.79 Å². The van der Waals surface area contributed by atoms with Crippen LogP contribution in [0.25, 0.3) is 11.1 Å². The van der Waals surface area contributed by atoms with Gasteiger partial charge in [-0.15, -0.1) is 0 Å². The molecule has 0 atom stereocenters. The highest BCUT2D eigenvalue weighted by Crippen LogP contribution is 2.19. The minimum atomic E-state index is -0.268. The molecule has 4 nitrogen and oxygen atoms in total. The van der Waals surface area contributed by atoms with Crippen LogP contribution in [0.3, 0.4) is 0 Å². The molecule has 0 unspecified atom stereocenters. The van der Waals surface area contributed by atoms with Gasteiger partial charge in [0.2, 0.25) is 0 Å². The summed E-state index contributed by atoms with van der Waals surface area (Å²) in [5.41, 5.74) is 7.10. The maximum atomic E-state index is 12.3. The number of hydrogen-bond donors (Lipinski definition) is 1. The second kappa shape index (κ2) is 9.33. The van der Waals surface area contributed by atoms with Crippen molar-refractivity contribution < 1.29 is 9.53 Å². The molecule has 0 aliphatic heterocycles. The number of nitrogens with one attached hydrogen (secondary N) is 1. The Morgan fingerprint density at radius 1 is 0.929 bits per heavy atom. The molecule has 1 N–H and O–H groups in total. The van der Waals surface area contributed by atoms with Crippen LogP contribution in [0.4, 0.5) is 0 Å². The Morgan fingerprint density at radius 3 is 2.18 bits per heavy atom. The molecule has 0 saturated heterocycles. The molecule has 0 spiro atoms. The lowest BCUT2D eigenvalue weighted by Gasteiger charge is -2.06. The van der Waals surface area contributed by atoms with Crippen molar-refractivity contribution >= 4 is 11.6 Å². The number of carbonyl (C=O) groups is 1. The Hall–Kier alpha value is -3.66. The van der Waals surface area contributed by atoms with Gasteiger partial charge in [-0.05, 0) is 47.9 Å². The first-order chi connectivity index (χ1) is 13.7. The smallest absolute Gasteiger partial charge is 0.271 e. The van der Waals surface area contributed by atoms with Gasteiger partial charge in [0.25, 0.3) is 5.91 Å². The van der Waals surface area contributed by atoms with Crippen LogP contribution in [0.1, 0.15) is 22.8 Å². The van der Waals surface area contributed by atoms with E-state index in [0.717, 1.165) is 22.4 Å². The Bertz CT molecular complexity index is 960. The maximum Gasteiger partial charge on any atom is 0.271 e. The third-order valence-electron chi connectivity index (χ3n) is 4.22. The van der Waals surface area contributed by atoms with Crippen molar-refractivity contribution in [1.82, 2.24) is 5.43 Å². The highest BCUT2D eigenvalue weighted by atomic mass is 16.5. The standard InChI is InChI=1S/C24H22N2O2/c1-3-17-28-23-15-13-22(14-16-23)24(27)26-25-18(2)19-9-11-21(12-10-19)20-7-5-4-6-8-20/h3-16H,1,17H2,2H3,(H,26,27)/b25-18+. The van der Waals surface area contributed by atoms with Gasteiger partial charge in [-0.25, -0.2) is 5.43 Å². The van der Waals surface area contributed by atoms with Crippen LogP contribution in [0.5, 0.6) is 5.75 Å². The van der Waals surface area contributed by atoms with E-state index in [-0.39, 0.29) is 5.91 Å². The number of carbonyl (C=O) groups excluding carboxylic acids is 1. The lowest BCUT2D eigenvalue weighted by molar-refractivity contribution is 0.0955. The zero-order chi connectivity index (χ0) is 19.8. The fraction of sp³-hybridized carbons (Fsp3) is 0.0833. The van der Waals surface area contributed by atoms with E-state index >= 15 is 0 Å². The van der Waals surface area contributed by atoms with Gasteiger partial charge in [0.15, 0.2) is 0 Å². The minimum absolute atomic E-state index is 0.268. The first-order valence-electron chi connectivity index (χ1n) is 9.01. The van der Waals surface area contributed by atoms with Gasteiger partial charge < -0.3 is 4.74 Å². The molecule has 28 heavy (non-hydrogen) atoms. The summed E-state index contributed by atoms with van der Waals surface area (Å²) in [6.45, 7) is 5.90. The maximum absolute atomic E-state index is 12.3. The number of ether oxygens (including phenoxy) is 1. The fourth-order valence-corrected chi connectivity index (χ4v) is 2.66. The molecule has 0 aromatic heterocycles. The third-order valence-corrected chi connectivity index (χ3v) is 4.22. The topological polar surface area (TPSA) is 50.7 Å². The molecule has 0 aliphatic rings. The summed E-state index contributed by atoms with van der Waals surface area (Å²) < 4.78 is 5.41. The fourth-order valence-electron chi connectivity index (χ4n) is 2.66. The molecule has 0 bridgehead atoms. The largest absolute Gasteiger partial charge is 0.490 e. The highest BCUT2D eigenvalue weighted by Gasteiger charge is 2.06. The van der Waals surface area contributed by atoms with Crippen molar-refractivity contribution in [2.24, 2.45) is 5.10 Å². The molecule has 0 aliphatic carbocycles. The van der Waals surface area contributed by atoms with E-state index in [2.05, 4.69) is 29.2 Å². The SMILES string of the molecule is C=CCOc1ccc(C(=O)N/N=C(\C)c2ccc(-c3ccccc3)cc2)cc1. The molecule has 0 fully saturated rings. The predicted octanol–water partition coefficient (Wildman–Crippen LogP) is 5.07. The van der Waals surface area contributed by atoms with Crippen LogP contribution in [0, 0.1) is 0 Å². The van der Waals surface area contributed by atoms with Gasteiger partial charge in [-0.1, -0.05) is 67.3 Å². The Kier molecular flexibility index (Phi) is 6.37. The molecule has 3 aromatic carbocycles. The number of hydrogen-bond acceptors (Lipinski definition) is 3. The van der Waals surface area contributed by atoms with Crippen LogP contribution in [0.15, 0.2) is 96.6 Å². The van der Waals surface area contributed by atoms with E-state index in [4.69, 9.17) is 4.74 Å². The summed E-state index contributed by atoms with van der Waals surface area (Å²) in [5.74, 6) is 0.421. The first-order valence-corrected chi connectivity index (χ1v) is 9.01. The zero-order valence-corrected chi connectivity index (χ0v) is 15.8. The van der Waals surface area contributed by atoms with Crippen molar-refractivity contribution in [2.45, 2.75) is 6.92 Å². The van der Waals surface area contributed by atoms with Crippen LogP contribution < -0.4 is 10.2 Å². The van der Waals surface area contributed by atoms with Gasteiger partial charge in [0.1, 0.15) is 12.4 Å². The molecule has 3 rings (SSSR count). The molecule has 1 amide bonds. The quantitative estimate of drug-likeness (QED) is 0.358. The van der Waals surface area contributed by atoms with E-state index < -0.39 is 0 Å². The van der Waals surface area contributed by atoms with Gasteiger partial charge in [-0.2, -0.15) is 5.10 Å². The average molecular weight is 370 g/mol. The van der Waals surface area contributed by atoms with E-state index in [1.165, 1.54) is 0 Å². The summed E-state index contributed by atoms with van der Waals surface area (Å²) in [7, 11) is 0. The Balaban J connectivity index is 1.63. The van der Waals surface area contributed by atoms with Gasteiger partial charge in [0.05, 0.1) is 5.71 Å². The lowest BCUT2D eigenvalue weighted by Crippen LogP contribution is -2.19. The van der Waals surface area contributed by atoms with Crippen LogP contribution >= 0.6 is 0 Å². The monoisotopic (exact) mass is 370 g/mol. The number of hydrazone groups is 1. The van der Waals surface area contributed by atoms with Gasteiger partial charge >= 0.3 is 0 Å². The minimum Gasteiger partial charge on any atom is -0.490 e. The van der Waals surface area contributed by atoms with E-state index in [9.17, 15) is 4.79 Å². The Morgan fingerprint density at radius 2 is 1.54 bits per heavy atom. The second-order valence-corrected chi connectivity index (χ2v) is 6.21. The Labute approximate surface area is 165 Å². The third kappa shape index (κ3) is 4.95. The molecule has 4 heteroatoms. The summed E-state index contributed by atoms with van der Waals surface area (Å²) >= 11 is 0. The molecule has 3 aromatic rings. The lowest BCUT2D eigenvalue weighted by atomic mass is 10.0. The van der Waals surface area contributed by atoms with Crippen molar-refractivity contribution in [1.29, 1.82) is 0 Å². The number of amides is 1. The number of rotatable bonds is 7. The van der Waals surface area contributed by atoms with Crippen molar-refractivity contribution in [3.8, 4) is 16.9 Å². The second-order valence-electron chi connectivity index (χ2n) is 6.21. The summed E-state index contributed by atoms with van der Waals surface area (Å²) in [4.78, 5) is 12.3. The summed E-state index contributed by atoms with van der Waals surface area (Å²) in [6.07, 6.45) is 1.67. The van der Waals surface area contributed by atoms with Crippen LogP contribution in [-0.4, -0.2) is 18.2 Å². The molecule has 140 valence electrons. The normalized spacial score (nSPS) is 11.0. The van der Waals surface area contributed by atoms with Crippen molar-refractivity contribution in [3.63, 3.8) is 0 Å². The average Bonchev–Trinajstić information content (AvgIpc) is 2.77. The molecular formula is C24H22N2O2. The van der Waals surface area contributed by atoms with Crippen molar-refractivity contribution in [3.05, 3.63) is 103 Å². The van der Waals surface area contributed by atoms with Crippen molar-refractivity contribution in [2.75, 3.05) is 6.61 Å². The zero-order valence-electron chi connectivity index (χ0n) is 15.8. The summed E-state index contributed by atoms with van der Waals surface area (Å²) in [6, 6.07) is 25.2.